The van der Waals surface area contributed by atoms with Crippen LogP contribution in [0.1, 0.15) is 75.4 Å². The number of nitrogens with one attached hydrogen (secondary N) is 1. The Bertz CT molecular complexity index is 1650. The van der Waals surface area contributed by atoms with Crippen molar-refractivity contribution < 1.29 is 32.0 Å². The molecule has 47 heavy (non-hydrogen) atoms. The monoisotopic (exact) mass is 663 g/mol. The number of ether oxygens (including phenoxy) is 1. The SMILES string of the molecule is CC(C)(C)OC(=O)N[C@@](C)(CC(CCCOS(C)(=O)=O)c1nnnn1C(c1ccccc1)(c1ccccc1)c1ccccc1)C(=O)O. The van der Waals surface area contributed by atoms with Gasteiger partial charge in [0.25, 0.3) is 10.1 Å². The second-order valence-corrected chi connectivity index (χ2v) is 14.2. The average molecular weight is 664 g/mol. The Kier molecular flexibility index (Phi) is 10.8. The van der Waals surface area contributed by atoms with Crippen molar-refractivity contribution in [2.45, 2.75) is 69.6 Å². The van der Waals surface area contributed by atoms with Crippen LogP contribution in [0.25, 0.3) is 0 Å². The van der Waals surface area contributed by atoms with E-state index in [1.165, 1.54) is 6.92 Å². The van der Waals surface area contributed by atoms with Crippen molar-refractivity contribution in [2.75, 3.05) is 12.9 Å². The summed E-state index contributed by atoms with van der Waals surface area (Å²) in [4.78, 5) is 25.7. The standard InChI is InChI=1S/C34H41N5O7S/c1-32(2,3)46-31(42)35-33(4,30(40)41)24-25(16-15-23-45-47(5,43)44)29-36-37-38-39(29)34(26-17-9-6-10-18-26,27-19-11-7-12-20-27)28-21-13-8-14-22-28/h6-14,17-22,25H,15-16,23-24H2,1-5H3,(H,35,42)(H,40,41)/t25?,33-/m0/s1. The van der Waals surface area contributed by atoms with Crippen LogP contribution in [-0.4, -0.2) is 69.8 Å². The lowest BCUT2D eigenvalue weighted by Gasteiger charge is -2.38. The molecule has 0 fully saturated rings. The van der Waals surface area contributed by atoms with Gasteiger partial charge in [0.15, 0.2) is 5.82 Å². The number of carbonyl (C=O) groups excluding carboxylic acids is 1. The van der Waals surface area contributed by atoms with E-state index >= 15 is 0 Å². The van der Waals surface area contributed by atoms with Crippen LogP contribution in [0.15, 0.2) is 91.0 Å². The Morgan fingerprint density at radius 2 is 1.36 bits per heavy atom. The maximum Gasteiger partial charge on any atom is 0.408 e. The minimum Gasteiger partial charge on any atom is -0.480 e. The summed E-state index contributed by atoms with van der Waals surface area (Å²) in [5.74, 6) is -1.67. The summed E-state index contributed by atoms with van der Waals surface area (Å²) in [7, 11) is -3.71. The average Bonchev–Trinajstić information content (AvgIpc) is 3.49. The Morgan fingerprint density at radius 1 is 0.872 bits per heavy atom. The molecule has 4 aromatic rings. The molecule has 1 heterocycles. The molecule has 2 N–H and O–H groups in total. The maximum atomic E-state index is 12.9. The molecule has 12 nitrogen and oxygen atoms in total. The largest absolute Gasteiger partial charge is 0.480 e. The zero-order valence-electron chi connectivity index (χ0n) is 27.2. The van der Waals surface area contributed by atoms with Crippen LogP contribution in [0.3, 0.4) is 0 Å². The first-order valence-electron chi connectivity index (χ1n) is 15.2. The van der Waals surface area contributed by atoms with Crippen LogP contribution in [0.2, 0.25) is 0 Å². The predicted octanol–water partition coefficient (Wildman–Crippen LogP) is 5.11. The van der Waals surface area contributed by atoms with E-state index in [1.54, 1.807) is 25.5 Å². The van der Waals surface area contributed by atoms with Crippen LogP contribution < -0.4 is 5.32 Å². The van der Waals surface area contributed by atoms with Crippen molar-refractivity contribution >= 4 is 22.2 Å². The molecule has 0 bridgehead atoms. The zero-order valence-corrected chi connectivity index (χ0v) is 28.0. The number of carboxylic acid groups (broad SMARTS) is 1. The summed E-state index contributed by atoms with van der Waals surface area (Å²) in [6.07, 6.45) is 0.360. The summed E-state index contributed by atoms with van der Waals surface area (Å²) in [5, 5.41) is 26.1. The van der Waals surface area contributed by atoms with Gasteiger partial charge < -0.3 is 15.2 Å². The highest BCUT2D eigenvalue weighted by Gasteiger charge is 2.45. The highest BCUT2D eigenvalue weighted by molar-refractivity contribution is 7.85. The zero-order chi connectivity index (χ0) is 34.3. The number of tetrazole rings is 1. The third-order valence-electron chi connectivity index (χ3n) is 7.65. The molecule has 4 rings (SSSR count). The summed E-state index contributed by atoms with van der Waals surface area (Å²) in [5.41, 5.74) is -1.26. The van der Waals surface area contributed by atoms with Crippen LogP contribution >= 0.6 is 0 Å². The van der Waals surface area contributed by atoms with Crippen LogP contribution in [0, 0.1) is 0 Å². The molecule has 13 heteroatoms. The van der Waals surface area contributed by atoms with E-state index in [0.717, 1.165) is 22.9 Å². The molecule has 1 amide bonds. The highest BCUT2D eigenvalue weighted by atomic mass is 32.2. The molecule has 0 saturated heterocycles. The third-order valence-corrected chi connectivity index (χ3v) is 8.24. The molecule has 0 aliphatic carbocycles. The van der Waals surface area contributed by atoms with Crippen molar-refractivity contribution in [3.8, 4) is 0 Å². The topological polar surface area (TPSA) is 163 Å². The highest BCUT2D eigenvalue weighted by Crippen LogP contribution is 2.43. The Hall–Kier alpha value is -4.62. The number of carboxylic acids is 1. The van der Waals surface area contributed by atoms with Crippen LogP contribution in [-0.2, 0) is 29.4 Å². The number of aliphatic carboxylic acids is 1. The van der Waals surface area contributed by atoms with Gasteiger partial charge in [-0.25, -0.2) is 14.3 Å². The Labute approximate surface area is 275 Å². The Morgan fingerprint density at radius 3 is 1.79 bits per heavy atom. The fourth-order valence-electron chi connectivity index (χ4n) is 5.67. The van der Waals surface area contributed by atoms with Gasteiger partial charge in [-0.05, 0) is 74.1 Å². The van der Waals surface area contributed by atoms with Crippen LogP contribution in [0.5, 0.6) is 0 Å². The van der Waals surface area contributed by atoms with Crippen molar-refractivity contribution in [3.63, 3.8) is 0 Å². The first-order chi connectivity index (χ1) is 22.2. The van der Waals surface area contributed by atoms with Gasteiger partial charge in [0, 0.05) is 5.92 Å². The second-order valence-electron chi connectivity index (χ2n) is 12.6. The van der Waals surface area contributed by atoms with Gasteiger partial charge in [0.05, 0.1) is 12.9 Å². The predicted molar refractivity (Wildman–Crippen MR) is 175 cm³/mol. The van der Waals surface area contributed by atoms with Crippen molar-refractivity contribution in [2.24, 2.45) is 0 Å². The molecule has 2 atom stereocenters. The minimum absolute atomic E-state index is 0.138. The first kappa shape index (κ1) is 35.2. The Balaban J connectivity index is 1.92. The molecule has 250 valence electrons. The van der Waals surface area contributed by atoms with E-state index in [0.29, 0.717) is 5.82 Å². The number of aromatic nitrogens is 4. The van der Waals surface area contributed by atoms with Crippen molar-refractivity contribution in [1.82, 2.24) is 25.5 Å². The molecular formula is C34H41N5O7S. The smallest absolute Gasteiger partial charge is 0.408 e. The van der Waals surface area contributed by atoms with Gasteiger partial charge in [-0.15, -0.1) is 5.10 Å². The number of rotatable bonds is 14. The maximum absolute atomic E-state index is 12.9. The van der Waals surface area contributed by atoms with Gasteiger partial charge >= 0.3 is 12.1 Å². The van der Waals surface area contributed by atoms with E-state index in [1.807, 2.05) is 91.0 Å². The van der Waals surface area contributed by atoms with Gasteiger partial charge in [0.2, 0.25) is 0 Å². The quantitative estimate of drug-likeness (QED) is 0.105. The molecule has 0 aliphatic heterocycles. The molecule has 0 radical (unpaired) electrons. The first-order valence-corrected chi connectivity index (χ1v) is 17.0. The molecule has 0 spiro atoms. The lowest BCUT2D eigenvalue weighted by molar-refractivity contribution is -0.144. The molecular weight excluding hydrogens is 622 g/mol. The van der Waals surface area contributed by atoms with Gasteiger partial charge in [-0.1, -0.05) is 91.0 Å². The second kappa shape index (κ2) is 14.4. The normalized spacial score (nSPS) is 14.1. The van der Waals surface area contributed by atoms with Gasteiger partial charge in [-0.3, -0.25) is 4.18 Å². The number of alkyl carbamates (subject to hydrolysis) is 1. The number of benzene rings is 3. The summed E-state index contributed by atoms with van der Waals surface area (Å²) >= 11 is 0. The number of hydrogen-bond donors (Lipinski definition) is 2. The summed E-state index contributed by atoms with van der Waals surface area (Å²) in [6.45, 7) is 6.30. The van der Waals surface area contributed by atoms with Crippen molar-refractivity contribution in [1.29, 1.82) is 0 Å². The molecule has 0 saturated carbocycles. The number of amides is 1. The van der Waals surface area contributed by atoms with E-state index in [2.05, 4.69) is 20.8 Å². The number of carbonyl (C=O) groups is 2. The van der Waals surface area contributed by atoms with Gasteiger partial charge in [0.1, 0.15) is 16.7 Å². The fraction of sp³-hybridized carbons (Fsp3) is 0.382. The molecule has 3 aromatic carbocycles. The van der Waals surface area contributed by atoms with E-state index in [4.69, 9.17) is 8.92 Å². The third kappa shape index (κ3) is 8.60. The molecule has 1 unspecified atom stereocenters. The van der Waals surface area contributed by atoms with Gasteiger partial charge in [-0.2, -0.15) is 8.42 Å². The number of nitrogens with zero attached hydrogens (tertiary/aromatic N) is 4. The van der Waals surface area contributed by atoms with Crippen molar-refractivity contribution in [3.05, 3.63) is 114 Å². The lowest BCUT2D eigenvalue weighted by Crippen LogP contribution is -2.54. The van der Waals surface area contributed by atoms with E-state index < -0.39 is 44.8 Å². The van der Waals surface area contributed by atoms with E-state index in [9.17, 15) is 23.1 Å². The fourth-order valence-corrected chi connectivity index (χ4v) is 6.09. The van der Waals surface area contributed by atoms with Crippen LogP contribution in [0.4, 0.5) is 4.79 Å². The summed E-state index contributed by atoms with van der Waals surface area (Å²) in [6, 6.07) is 29.1. The van der Waals surface area contributed by atoms with E-state index in [-0.39, 0.29) is 25.9 Å². The number of hydrogen-bond acceptors (Lipinski definition) is 9. The molecule has 1 aromatic heterocycles. The molecule has 0 aliphatic rings. The minimum atomic E-state index is -3.71. The lowest BCUT2D eigenvalue weighted by atomic mass is 9.76. The summed E-state index contributed by atoms with van der Waals surface area (Å²) < 4.78 is 35.5.